The Bertz CT molecular complexity index is 231. The molecule has 76 valence electrons. The van der Waals surface area contributed by atoms with E-state index in [4.69, 9.17) is 4.74 Å². The fourth-order valence-corrected chi connectivity index (χ4v) is 3.17. The van der Waals surface area contributed by atoms with Gasteiger partial charge in [0, 0.05) is 0 Å². The maximum absolute atomic E-state index is 6.28. The summed E-state index contributed by atoms with van der Waals surface area (Å²) < 4.78 is 6.28. The van der Waals surface area contributed by atoms with Crippen molar-refractivity contribution in [1.29, 1.82) is 0 Å². The molecule has 1 nitrogen and oxygen atoms in total. The SMILES string of the molecule is CC1CC2(C)CCC1(C)OC2(C)C. The summed E-state index contributed by atoms with van der Waals surface area (Å²) in [6.45, 7) is 11.5. The first-order chi connectivity index (χ1) is 5.79. The largest absolute Gasteiger partial charge is 0.369 e. The number of rotatable bonds is 0. The summed E-state index contributed by atoms with van der Waals surface area (Å²) in [4.78, 5) is 0. The number of hydrogen-bond acceptors (Lipinski definition) is 1. The van der Waals surface area contributed by atoms with Crippen molar-refractivity contribution in [2.24, 2.45) is 11.3 Å². The predicted molar refractivity (Wildman–Crippen MR) is 54.7 cm³/mol. The van der Waals surface area contributed by atoms with Gasteiger partial charge in [-0.05, 0) is 51.4 Å². The van der Waals surface area contributed by atoms with Crippen LogP contribution in [0, 0.1) is 11.3 Å². The molecule has 2 aliphatic heterocycles. The Morgan fingerprint density at radius 2 is 1.69 bits per heavy atom. The van der Waals surface area contributed by atoms with Crippen LogP contribution in [0.5, 0.6) is 0 Å². The maximum Gasteiger partial charge on any atom is 0.0687 e. The fraction of sp³-hybridized carbons (Fsp3) is 1.00. The average Bonchev–Trinajstić information content (AvgIpc) is 1.95. The lowest BCUT2D eigenvalue weighted by Gasteiger charge is -2.62. The minimum absolute atomic E-state index is 0.0759. The molecular weight excluding hydrogens is 160 g/mol. The first-order valence-electron chi connectivity index (χ1n) is 5.49. The molecule has 3 aliphatic rings. The van der Waals surface area contributed by atoms with Crippen molar-refractivity contribution in [3.05, 3.63) is 0 Å². The van der Waals surface area contributed by atoms with Gasteiger partial charge in [0.1, 0.15) is 0 Å². The van der Waals surface area contributed by atoms with E-state index in [1.807, 2.05) is 0 Å². The first kappa shape index (κ1) is 9.51. The van der Waals surface area contributed by atoms with Crippen molar-refractivity contribution >= 4 is 0 Å². The molecule has 2 saturated heterocycles. The molecule has 2 bridgehead atoms. The molecule has 13 heavy (non-hydrogen) atoms. The molecular formula is C12H22O. The summed E-state index contributed by atoms with van der Waals surface area (Å²) >= 11 is 0. The van der Waals surface area contributed by atoms with Crippen LogP contribution < -0.4 is 0 Å². The molecule has 0 aromatic carbocycles. The van der Waals surface area contributed by atoms with E-state index in [1.165, 1.54) is 19.3 Å². The van der Waals surface area contributed by atoms with Crippen LogP contribution in [0.15, 0.2) is 0 Å². The van der Waals surface area contributed by atoms with Gasteiger partial charge in [-0.3, -0.25) is 0 Å². The number of ether oxygens (including phenoxy) is 1. The Hall–Kier alpha value is -0.0400. The minimum atomic E-state index is 0.0759. The lowest BCUT2D eigenvalue weighted by Crippen LogP contribution is -2.63. The fourth-order valence-electron chi connectivity index (χ4n) is 3.17. The normalized spacial score (nSPS) is 53.8. The Morgan fingerprint density at radius 3 is 2.08 bits per heavy atom. The van der Waals surface area contributed by atoms with Crippen LogP contribution in [0.3, 0.4) is 0 Å². The highest BCUT2D eigenvalue weighted by atomic mass is 16.5. The zero-order chi connectivity index (χ0) is 9.91. The molecule has 3 unspecified atom stereocenters. The van der Waals surface area contributed by atoms with E-state index in [0.29, 0.717) is 5.41 Å². The molecule has 3 atom stereocenters. The molecule has 0 aromatic rings. The highest BCUT2D eigenvalue weighted by molar-refractivity contribution is 5.07. The summed E-state index contributed by atoms with van der Waals surface area (Å²) in [5.41, 5.74) is 0.637. The van der Waals surface area contributed by atoms with Crippen molar-refractivity contribution in [2.45, 2.75) is 65.1 Å². The highest BCUT2D eigenvalue weighted by Crippen LogP contribution is 2.59. The van der Waals surface area contributed by atoms with Crippen LogP contribution in [-0.4, -0.2) is 11.2 Å². The third kappa shape index (κ3) is 1.09. The Morgan fingerprint density at radius 1 is 1.08 bits per heavy atom. The molecule has 0 radical (unpaired) electrons. The van der Waals surface area contributed by atoms with Crippen molar-refractivity contribution in [3.63, 3.8) is 0 Å². The van der Waals surface area contributed by atoms with E-state index >= 15 is 0 Å². The Balaban J connectivity index is 2.36. The molecule has 1 saturated carbocycles. The Labute approximate surface area is 81.9 Å². The molecule has 0 aromatic heterocycles. The van der Waals surface area contributed by atoms with Crippen LogP contribution in [0.2, 0.25) is 0 Å². The zero-order valence-corrected chi connectivity index (χ0v) is 9.61. The summed E-state index contributed by atoms with van der Waals surface area (Å²) in [6, 6.07) is 0. The van der Waals surface area contributed by atoms with E-state index < -0.39 is 0 Å². The molecule has 0 spiro atoms. The van der Waals surface area contributed by atoms with Gasteiger partial charge < -0.3 is 4.74 Å². The molecule has 0 amide bonds. The standard InChI is InChI=1S/C12H22O/c1-9-8-11(4)6-7-12(9,5)13-10(11,2)3/h9H,6-8H2,1-5H3. The van der Waals surface area contributed by atoms with E-state index in [1.54, 1.807) is 0 Å². The highest BCUT2D eigenvalue weighted by Gasteiger charge is 2.58. The summed E-state index contributed by atoms with van der Waals surface area (Å²) in [6.07, 6.45) is 3.91. The second-order valence-corrected chi connectivity index (χ2v) is 6.09. The van der Waals surface area contributed by atoms with E-state index in [2.05, 4.69) is 34.6 Å². The zero-order valence-electron chi connectivity index (χ0n) is 9.61. The van der Waals surface area contributed by atoms with Crippen LogP contribution in [0.4, 0.5) is 0 Å². The predicted octanol–water partition coefficient (Wildman–Crippen LogP) is 3.38. The molecule has 2 heterocycles. The first-order valence-corrected chi connectivity index (χ1v) is 5.49. The summed E-state index contributed by atoms with van der Waals surface area (Å²) in [5.74, 6) is 0.722. The number of hydrogen-bond donors (Lipinski definition) is 0. The Kier molecular flexibility index (Phi) is 1.69. The molecule has 3 fully saturated rings. The monoisotopic (exact) mass is 182 g/mol. The molecule has 3 rings (SSSR count). The van der Waals surface area contributed by atoms with Crippen LogP contribution in [-0.2, 0) is 4.74 Å². The lowest BCUT2D eigenvalue weighted by atomic mass is 9.55. The van der Waals surface area contributed by atoms with Gasteiger partial charge >= 0.3 is 0 Å². The quantitative estimate of drug-likeness (QED) is 0.558. The van der Waals surface area contributed by atoms with Gasteiger partial charge in [-0.15, -0.1) is 0 Å². The van der Waals surface area contributed by atoms with Crippen molar-refractivity contribution in [1.82, 2.24) is 0 Å². The van der Waals surface area contributed by atoms with Crippen molar-refractivity contribution < 1.29 is 4.74 Å². The third-order valence-corrected chi connectivity index (χ3v) is 4.91. The van der Waals surface area contributed by atoms with Gasteiger partial charge in [-0.2, -0.15) is 0 Å². The molecule has 1 aliphatic carbocycles. The van der Waals surface area contributed by atoms with Gasteiger partial charge in [0.05, 0.1) is 11.2 Å². The molecule has 0 N–H and O–H groups in total. The van der Waals surface area contributed by atoms with Gasteiger partial charge in [0.2, 0.25) is 0 Å². The maximum atomic E-state index is 6.28. The van der Waals surface area contributed by atoms with E-state index in [0.717, 1.165) is 5.92 Å². The summed E-state index contributed by atoms with van der Waals surface area (Å²) in [7, 11) is 0. The van der Waals surface area contributed by atoms with Crippen molar-refractivity contribution in [2.75, 3.05) is 0 Å². The minimum Gasteiger partial charge on any atom is -0.369 e. The van der Waals surface area contributed by atoms with Crippen LogP contribution in [0.1, 0.15) is 53.9 Å². The molecule has 1 heteroatoms. The van der Waals surface area contributed by atoms with Crippen LogP contribution in [0.25, 0.3) is 0 Å². The van der Waals surface area contributed by atoms with Crippen molar-refractivity contribution in [3.8, 4) is 0 Å². The van der Waals surface area contributed by atoms with Gasteiger partial charge in [0.15, 0.2) is 0 Å². The lowest BCUT2D eigenvalue weighted by molar-refractivity contribution is -0.288. The topological polar surface area (TPSA) is 9.23 Å². The van der Waals surface area contributed by atoms with E-state index in [-0.39, 0.29) is 11.2 Å². The smallest absolute Gasteiger partial charge is 0.0687 e. The van der Waals surface area contributed by atoms with Gasteiger partial charge in [0.25, 0.3) is 0 Å². The second kappa shape index (κ2) is 2.31. The van der Waals surface area contributed by atoms with E-state index in [9.17, 15) is 0 Å². The summed E-state index contributed by atoms with van der Waals surface area (Å²) in [5, 5.41) is 0. The van der Waals surface area contributed by atoms with Gasteiger partial charge in [-0.25, -0.2) is 0 Å². The third-order valence-electron chi connectivity index (χ3n) is 4.91. The van der Waals surface area contributed by atoms with Gasteiger partial charge in [-0.1, -0.05) is 13.8 Å². The second-order valence-electron chi connectivity index (χ2n) is 6.09. The average molecular weight is 182 g/mol. The number of fused-ring (bicyclic) bond motifs is 3. The van der Waals surface area contributed by atoms with Crippen LogP contribution >= 0.6 is 0 Å².